The van der Waals surface area contributed by atoms with E-state index in [0.717, 1.165) is 18.8 Å². The summed E-state index contributed by atoms with van der Waals surface area (Å²) < 4.78 is 88.4. The Morgan fingerprint density at radius 2 is 1.57 bits per heavy atom. The minimum absolute atomic E-state index is 0.0178. The molecule has 1 unspecified atom stereocenters. The Bertz CT molecular complexity index is 1260. The molecule has 0 radical (unpaired) electrons. The van der Waals surface area contributed by atoms with Crippen molar-refractivity contribution >= 4 is 30.1 Å². The number of fused-ring (bicyclic) bond motifs is 3. The summed E-state index contributed by atoms with van der Waals surface area (Å²) in [5.41, 5.74) is -5.25. The molecular weight excluding hydrogens is 429 g/mol. The molecule has 0 bridgehead atoms. The van der Waals surface area contributed by atoms with E-state index in [2.05, 4.69) is 0 Å². The average molecular weight is 442 g/mol. The first-order valence-corrected chi connectivity index (χ1v) is 10.4. The van der Waals surface area contributed by atoms with Crippen molar-refractivity contribution in [2.45, 2.75) is 11.8 Å². The van der Waals surface area contributed by atoms with Gasteiger partial charge in [0.2, 0.25) is 0 Å². The maximum atomic E-state index is 14.7. The third-order valence-corrected chi connectivity index (χ3v) is 5.90. The molecular formula is C21H13F6O2P. The van der Waals surface area contributed by atoms with Crippen LogP contribution in [0.3, 0.4) is 0 Å². The van der Waals surface area contributed by atoms with E-state index in [1.165, 1.54) is 12.1 Å². The molecule has 4 aromatic rings. The lowest BCUT2D eigenvalue weighted by molar-refractivity contribution is -0.137. The van der Waals surface area contributed by atoms with Gasteiger partial charge in [-0.15, -0.1) is 0 Å². The van der Waals surface area contributed by atoms with Gasteiger partial charge < -0.3 is 9.31 Å². The number of halogens is 6. The van der Waals surface area contributed by atoms with Crippen LogP contribution in [0.2, 0.25) is 0 Å². The van der Waals surface area contributed by atoms with E-state index >= 15 is 0 Å². The van der Waals surface area contributed by atoms with E-state index in [1.54, 1.807) is 18.2 Å². The van der Waals surface area contributed by atoms with Crippen LogP contribution in [0.1, 0.15) is 11.1 Å². The number of para-hydroxylation sites is 1. The van der Waals surface area contributed by atoms with Crippen LogP contribution in [0, 0.1) is 5.82 Å². The summed E-state index contributed by atoms with van der Waals surface area (Å²) >= 11 is 0. The normalized spacial score (nSPS) is 13.9. The summed E-state index contributed by atoms with van der Waals surface area (Å²) in [4.78, 5) is 9.66. The van der Waals surface area contributed by atoms with Crippen LogP contribution >= 0.6 is 8.15 Å². The van der Waals surface area contributed by atoms with Crippen LogP contribution in [0.15, 0.2) is 59.0 Å². The van der Waals surface area contributed by atoms with Gasteiger partial charge in [-0.25, -0.2) is 4.39 Å². The smallest absolute Gasteiger partial charge is 0.416 e. The number of hydrogen-bond donors (Lipinski definition) is 1. The number of rotatable bonds is 3. The maximum Gasteiger partial charge on any atom is 0.416 e. The molecule has 0 fully saturated rings. The Morgan fingerprint density at radius 3 is 2.20 bits per heavy atom. The topological polar surface area (TPSA) is 33.4 Å². The molecule has 0 aliphatic carbocycles. The van der Waals surface area contributed by atoms with E-state index in [4.69, 9.17) is 4.42 Å². The van der Waals surface area contributed by atoms with Crippen LogP contribution < -0.4 is 0 Å². The average Bonchev–Trinajstić information content (AvgIpc) is 3.06. The van der Waals surface area contributed by atoms with Crippen LogP contribution in [-0.4, -0.2) is 11.6 Å². The monoisotopic (exact) mass is 442 g/mol. The van der Waals surface area contributed by atoms with Gasteiger partial charge in [-0.05, 0) is 30.9 Å². The van der Waals surface area contributed by atoms with Gasteiger partial charge in [0.25, 0.3) is 0 Å². The molecule has 4 rings (SSSR count). The Balaban J connectivity index is 2.05. The van der Waals surface area contributed by atoms with Crippen molar-refractivity contribution in [3.05, 3.63) is 71.5 Å². The van der Waals surface area contributed by atoms with Crippen molar-refractivity contribution in [2.24, 2.45) is 0 Å². The van der Waals surface area contributed by atoms with E-state index in [1.807, 2.05) is 0 Å². The van der Waals surface area contributed by atoms with Crippen molar-refractivity contribution < 1.29 is 35.7 Å². The lowest BCUT2D eigenvalue weighted by atomic mass is 9.97. The second-order valence-corrected chi connectivity index (χ2v) is 8.33. The van der Waals surface area contributed by atoms with Crippen molar-refractivity contribution in [1.82, 2.24) is 0 Å². The molecule has 0 aliphatic rings. The lowest BCUT2D eigenvalue weighted by Gasteiger charge is -2.21. The molecule has 0 saturated carbocycles. The number of alkyl halides is 5. The van der Waals surface area contributed by atoms with Gasteiger partial charge in [0.1, 0.15) is 25.1 Å². The largest absolute Gasteiger partial charge is 0.455 e. The lowest BCUT2D eigenvalue weighted by Crippen LogP contribution is -2.11. The second-order valence-electron chi connectivity index (χ2n) is 6.72. The van der Waals surface area contributed by atoms with Crippen molar-refractivity contribution in [1.29, 1.82) is 0 Å². The highest BCUT2D eigenvalue weighted by molar-refractivity contribution is 7.51. The first kappa shape index (κ1) is 20.7. The SMILES string of the molecule is CP(O)C(F)(F)c1ccc(-c2ccc(C(F)(F)F)cc2F)c2oc3ccccc3c12. The van der Waals surface area contributed by atoms with Gasteiger partial charge in [-0.2, -0.15) is 22.0 Å². The quantitative estimate of drug-likeness (QED) is 0.264. The zero-order valence-corrected chi connectivity index (χ0v) is 16.2. The second kappa shape index (κ2) is 7.00. The molecule has 1 N–H and O–H groups in total. The minimum atomic E-state index is -4.72. The highest BCUT2D eigenvalue weighted by Gasteiger charge is 2.41. The van der Waals surface area contributed by atoms with Gasteiger partial charge >= 0.3 is 11.8 Å². The molecule has 0 saturated heterocycles. The Labute approximate surface area is 167 Å². The number of hydrogen-bond acceptors (Lipinski definition) is 2. The summed E-state index contributed by atoms with van der Waals surface area (Å²) in [5, 5.41) is 0.309. The van der Waals surface area contributed by atoms with Gasteiger partial charge in [0.05, 0.1) is 5.56 Å². The molecule has 156 valence electrons. The van der Waals surface area contributed by atoms with Crippen molar-refractivity contribution in [2.75, 3.05) is 6.66 Å². The molecule has 9 heteroatoms. The number of benzene rings is 3. The van der Waals surface area contributed by atoms with E-state index in [0.29, 0.717) is 17.5 Å². The maximum absolute atomic E-state index is 14.7. The van der Waals surface area contributed by atoms with Crippen molar-refractivity contribution in [3.63, 3.8) is 0 Å². The van der Waals surface area contributed by atoms with E-state index in [-0.39, 0.29) is 27.7 Å². The summed E-state index contributed by atoms with van der Waals surface area (Å²) in [5.74, 6) is -1.16. The third-order valence-electron chi connectivity index (χ3n) is 4.84. The molecule has 30 heavy (non-hydrogen) atoms. The van der Waals surface area contributed by atoms with Crippen LogP contribution in [-0.2, 0) is 11.8 Å². The standard InChI is InChI=1S/C21H13F6O2P/c1-30(28)21(26,27)15-9-8-13(12-7-6-11(10-16(12)22)20(23,24)25)19-18(15)14-4-2-3-5-17(14)29-19/h2-10,28H,1H3. The molecule has 0 spiro atoms. The van der Waals surface area contributed by atoms with Gasteiger partial charge in [-0.1, -0.05) is 30.3 Å². The highest BCUT2D eigenvalue weighted by atomic mass is 31.1. The van der Waals surface area contributed by atoms with Gasteiger partial charge in [0.15, 0.2) is 0 Å². The third kappa shape index (κ3) is 3.24. The molecule has 1 aromatic heterocycles. The molecule has 0 amide bonds. The molecule has 2 nitrogen and oxygen atoms in total. The fraction of sp³-hybridized carbons (Fsp3) is 0.143. The Hall–Kier alpha value is -2.57. The summed E-state index contributed by atoms with van der Waals surface area (Å²) in [6, 6.07) is 10.5. The minimum Gasteiger partial charge on any atom is -0.455 e. The summed E-state index contributed by atoms with van der Waals surface area (Å²) in [7, 11) is -2.69. The van der Waals surface area contributed by atoms with Crippen LogP contribution in [0.25, 0.3) is 33.1 Å². The van der Waals surface area contributed by atoms with Gasteiger partial charge in [0, 0.05) is 27.5 Å². The zero-order valence-electron chi connectivity index (χ0n) is 15.3. The predicted molar refractivity (Wildman–Crippen MR) is 103 cm³/mol. The fourth-order valence-corrected chi connectivity index (χ4v) is 3.91. The molecule has 1 atom stereocenters. The molecule has 1 heterocycles. The van der Waals surface area contributed by atoms with Crippen LogP contribution in [0.5, 0.6) is 0 Å². The predicted octanol–water partition coefficient (Wildman–Crippen LogP) is 7.48. The zero-order chi connectivity index (χ0) is 21.8. The molecule has 0 aliphatic heterocycles. The summed E-state index contributed by atoms with van der Waals surface area (Å²) in [6.45, 7) is 1.01. The molecule has 3 aromatic carbocycles. The van der Waals surface area contributed by atoms with Crippen LogP contribution in [0.4, 0.5) is 26.3 Å². The first-order valence-electron chi connectivity index (χ1n) is 8.64. The first-order chi connectivity index (χ1) is 14.0. The fourth-order valence-electron chi connectivity index (χ4n) is 3.38. The van der Waals surface area contributed by atoms with Crippen molar-refractivity contribution in [3.8, 4) is 11.1 Å². The number of furan rings is 1. The van der Waals surface area contributed by atoms with Gasteiger partial charge in [-0.3, -0.25) is 0 Å². The summed E-state index contributed by atoms with van der Waals surface area (Å²) in [6.07, 6.45) is -4.72. The Morgan fingerprint density at radius 1 is 0.900 bits per heavy atom. The van der Waals surface area contributed by atoms with E-state index in [9.17, 15) is 31.2 Å². The van der Waals surface area contributed by atoms with E-state index < -0.39 is 36.9 Å². The highest BCUT2D eigenvalue weighted by Crippen LogP contribution is 2.56. The Kier molecular flexibility index (Phi) is 4.83.